The van der Waals surface area contributed by atoms with Gasteiger partial charge in [0, 0.05) is 25.7 Å². The van der Waals surface area contributed by atoms with Crippen molar-refractivity contribution in [3.63, 3.8) is 0 Å². The molecule has 4 N–H and O–H groups in total. The zero-order valence-corrected chi connectivity index (χ0v) is 13.0. The minimum absolute atomic E-state index is 0.184. The summed E-state index contributed by atoms with van der Waals surface area (Å²) >= 11 is 0. The Kier molecular flexibility index (Phi) is 4.12. The topological polar surface area (TPSA) is 107 Å². The Hall–Kier alpha value is -1.93. The minimum atomic E-state index is 0.184. The van der Waals surface area contributed by atoms with E-state index in [1.807, 2.05) is 0 Å². The van der Waals surface area contributed by atoms with Gasteiger partial charge in [0.15, 0.2) is 11.5 Å². The van der Waals surface area contributed by atoms with Crippen molar-refractivity contribution in [1.29, 1.82) is 0 Å². The fraction of sp³-hybridized carbons (Fsp3) is 0.643. The number of anilines is 2. The van der Waals surface area contributed by atoms with Crippen LogP contribution in [-0.4, -0.2) is 69.8 Å². The Bertz CT molecular complexity index is 641. The number of nitrogens with zero attached hydrogens (tertiary/aromatic N) is 5. The van der Waals surface area contributed by atoms with E-state index < -0.39 is 0 Å². The fourth-order valence-corrected chi connectivity index (χ4v) is 3.06. The molecule has 3 rings (SSSR count). The molecule has 120 valence electrons. The van der Waals surface area contributed by atoms with Crippen LogP contribution in [0.3, 0.4) is 0 Å². The number of imidazole rings is 1. The van der Waals surface area contributed by atoms with Crippen LogP contribution in [0.5, 0.6) is 0 Å². The van der Waals surface area contributed by atoms with Gasteiger partial charge >= 0.3 is 0 Å². The van der Waals surface area contributed by atoms with Crippen LogP contribution in [-0.2, 0) is 0 Å². The monoisotopic (exact) mass is 305 g/mol. The van der Waals surface area contributed by atoms with Gasteiger partial charge in [-0.05, 0) is 32.9 Å². The van der Waals surface area contributed by atoms with Gasteiger partial charge in [0.25, 0.3) is 0 Å². The van der Waals surface area contributed by atoms with E-state index in [1.54, 1.807) is 6.33 Å². The van der Waals surface area contributed by atoms with E-state index in [-0.39, 0.29) is 18.5 Å². The molecule has 2 aromatic rings. The molecule has 1 saturated heterocycles. The summed E-state index contributed by atoms with van der Waals surface area (Å²) in [5.41, 5.74) is 7.20. The number of hydrogen-bond donors (Lipinski definition) is 3. The van der Waals surface area contributed by atoms with Gasteiger partial charge in [-0.2, -0.15) is 9.97 Å². The molecular weight excluding hydrogens is 282 g/mol. The normalized spacial score (nSPS) is 23.2. The summed E-state index contributed by atoms with van der Waals surface area (Å²) in [5.74, 6) is 1.23. The summed E-state index contributed by atoms with van der Waals surface area (Å²) in [7, 11) is 4.17. The maximum atomic E-state index is 9.62. The average Bonchev–Trinajstić information content (AvgIpc) is 2.83. The Morgan fingerprint density at radius 2 is 2.18 bits per heavy atom. The molecule has 1 fully saturated rings. The van der Waals surface area contributed by atoms with Gasteiger partial charge in [-0.1, -0.05) is 0 Å². The summed E-state index contributed by atoms with van der Waals surface area (Å²) < 4.78 is 0. The molecule has 3 heterocycles. The average molecular weight is 305 g/mol. The van der Waals surface area contributed by atoms with E-state index in [0.717, 1.165) is 37.3 Å². The van der Waals surface area contributed by atoms with Crippen LogP contribution in [0.2, 0.25) is 0 Å². The van der Waals surface area contributed by atoms with Crippen molar-refractivity contribution in [2.45, 2.75) is 18.9 Å². The van der Waals surface area contributed by atoms with E-state index in [9.17, 15) is 5.11 Å². The number of nitrogen functional groups attached to an aromatic ring is 1. The highest BCUT2D eigenvalue weighted by Crippen LogP contribution is 2.27. The molecule has 0 radical (unpaired) electrons. The number of H-pyrrole nitrogens is 1. The third-order valence-corrected chi connectivity index (χ3v) is 4.39. The first-order valence-corrected chi connectivity index (χ1v) is 7.57. The molecule has 2 atom stereocenters. The van der Waals surface area contributed by atoms with E-state index in [4.69, 9.17) is 5.73 Å². The van der Waals surface area contributed by atoms with Crippen LogP contribution in [0, 0.1) is 5.92 Å². The van der Waals surface area contributed by atoms with Crippen LogP contribution < -0.4 is 10.6 Å². The SMILES string of the molecule is CN(C)[C@@H]1CC[C@H](CO)CN(c2nc(N)nc3nc[nH]c23)C1. The summed E-state index contributed by atoms with van der Waals surface area (Å²) in [5, 5.41) is 9.62. The molecule has 0 aromatic carbocycles. The number of nitrogens with one attached hydrogen (secondary N) is 1. The van der Waals surface area contributed by atoms with Gasteiger partial charge in [-0.25, -0.2) is 4.98 Å². The van der Waals surface area contributed by atoms with Crippen molar-refractivity contribution in [2.24, 2.45) is 5.92 Å². The maximum absolute atomic E-state index is 9.62. The number of nitrogens with two attached hydrogens (primary N) is 1. The van der Waals surface area contributed by atoms with Gasteiger partial charge in [-0.3, -0.25) is 0 Å². The standard InChI is InChI=1S/C14H23N7O/c1-20(2)10-4-3-9(7-22)5-21(6-10)13-11-12(17-8-16-11)18-14(15)19-13/h8-10,22H,3-7H2,1-2H3,(H3,15,16,17,18,19)/t9-,10+/m0/s1. The van der Waals surface area contributed by atoms with E-state index in [2.05, 4.69) is 43.8 Å². The van der Waals surface area contributed by atoms with Crippen LogP contribution in [0.25, 0.3) is 11.2 Å². The first kappa shape index (κ1) is 15.0. The van der Waals surface area contributed by atoms with Crippen molar-refractivity contribution < 1.29 is 5.11 Å². The summed E-state index contributed by atoms with van der Waals surface area (Å²) in [6.45, 7) is 1.78. The molecule has 0 amide bonds. The van der Waals surface area contributed by atoms with Gasteiger partial charge in [0.1, 0.15) is 5.52 Å². The highest BCUT2D eigenvalue weighted by atomic mass is 16.3. The second-order valence-electron chi connectivity index (χ2n) is 6.15. The first-order chi connectivity index (χ1) is 10.6. The van der Waals surface area contributed by atoms with Gasteiger partial charge in [0.2, 0.25) is 5.95 Å². The summed E-state index contributed by atoms with van der Waals surface area (Å²) in [6.07, 6.45) is 3.66. The maximum Gasteiger partial charge on any atom is 0.224 e. The predicted molar refractivity (Wildman–Crippen MR) is 85.6 cm³/mol. The summed E-state index contributed by atoms with van der Waals surface area (Å²) in [4.78, 5) is 20.3. The smallest absolute Gasteiger partial charge is 0.224 e. The van der Waals surface area contributed by atoms with Crippen LogP contribution >= 0.6 is 0 Å². The molecule has 8 heteroatoms. The van der Waals surface area contributed by atoms with E-state index >= 15 is 0 Å². The molecule has 0 saturated carbocycles. The minimum Gasteiger partial charge on any atom is -0.396 e. The van der Waals surface area contributed by atoms with Crippen LogP contribution in [0.1, 0.15) is 12.8 Å². The lowest BCUT2D eigenvalue weighted by molar-refractivity contribution is 0.216. The largest absolute Gasteiger partial charge is 0.396 e. The van der Waals surface area contributed by atoms with Gasteiger partial charge < -0.3 is 25.6 Å². The third kappa shape index (κ3) is 2.84. The lowest BCUT2D eigenvalue weighted by Crippen LogP contribution is -2.40. The number of hydrogen-bond acceptors (Lipinski definition) is 7. The summed E-state index contributed by atoms with van der Waals surface area (Å²) in [6, 6.07) is 0.408. The number of aliphatic hydroxyl groups excluding tert-OH is 1. The lowest BCUT2D eigenvalue weighted by Gasteiger charge is -2.30. The van der Waals surface area contributed by atoms with Crippen molar-refractivity contribution >= 4 is 22.9 Å². The van der Waals surface area contributed by atoms with E-state index in [0.29, 0.717) is 11.7 Å². The first-order valence-electron chi connectivity index (χ1n) is 7.57. The molecule has 2 aromatic heterocycles. The molecule has 0 aliphatic carbocycles. The fourth-order valence-electron chi connectivity index (χ4n) is 3.06. The number of aliphatic hydroxyl groups is 1. The molecule has 1 aliphatic rings. The zero-order valence-electron chi connectivity index (χ0n) is 13.0. The number of fused-ring (bicyclic) bond motifs is 1. The quantitative estimate of drug-likeness (QED) is 0.736. The number of aromatic nitrogens is 4. The molecule has 0 bridgehead atoms. The second-order valence-corrected chi connectivity index (χ2v) is 6.15. The third-order valence-electron chi connectivity index (χ3n) is 4.39. The molecular formula is C14H23N7O. The van der Waals surface area contributed by atoms with Crippen molar-refractivity contribution in [2.75, 3.05) is 44.4 Å². The number of likely N-dealkylation sites (N-methyl/N-ethyl adjacent to an activating group) is 1. The van der Waals surface area contributed by atoms with Crippen LogP contribution in [0.4, 0.5) is 11.8 Å². The molecule has 1 aliphatic heterocycles. The predicted octanol–water partition coefficient (Wildman–Crippen LogP) is 0.0740. The number of aromatic amines is 1. The Morgan fingerprint density at radius 1 is 1.36 bits per heavy atom. The molecule has 22 heavy (non-hydrogen) atoms. The second kappa shape index (κ2) is 6.05. The highest BCUT2D eigenvalue weighted by Gasteiger charge is 2.27. The highest BCUT2D eigenvalue weighted by molar-refractivity contribution is 5.84. The van der Waals surface area contributed by atoms with Crippen LogP contribution in [0.15, 0.2) is 6.33 Å². The molecule has 0 unspecified atom stereocenters. The van der Waals surface area contributed by atoms with Crippen molar-refractivity contribution in [3.8, 4) is 0 Å². The number of rotatable bonds is 3. The molecule has 0 spiro atoms. The Morgan fingerprint density at radius 3 is 2.91 bits per heavy atom. The Labute approximate surface area is 129 Å². The zero-order chi connectivity index (χ0) is 15.7. The Balaban J connectivity index is 2.00. The van der Waals surface area contributed by atoms with Gasteiger partial charge in [-0.15, -0.1) is 0 Å². The van der Waals surface area contributed by atoms with Crippen molar-refractivity contribution in [1.82, 2.24) is 24.8 Å². The lowest BCUT2D eigenvalue weighted by atomic mass is 10.0. The van der Waals surface area contributed by atoms with E-state index in [1.165, 1.54) is 0 Å². The molecule has 8 nitrogen and oxygen atoms in total. The van der Waals surface area contributed by atoms with Crippen molar-refractivity contribution in [3.05, 3.63) is 6.33 Å². The van der Waals surface area contributed by atoms with Gasteiger partial charge in [0.05, 0.1) is 6.33 Å².